The monoisotopic (exact) mass is 206 g/mol. The number of cyclic esters (lactones) is 1. The Morgan fingerprint density at radius 1 is 1.53 bits per heavy atom. The first-order valence-electron chi connectivity index (χ1n) is 4.57. The normalized spacial score (nSPS) is 13.3. The summed E-state index contributed by atoms with van der Waals surface area (Å²) in [5, 5.41) is 0. The molecule has 0 bridgehead atoms. The smallest absolute Gasteiger partial charge is 0.342 e. The Morgan fingerprint density at radius 2 is 2.33 bits per heavy atom. The van der Waals surface area contributed by atoms with E-state index in [1.165, 1.54) is 7.11 Å². The van der Waals surface area contributed by atoms with Crippen LogP contribution in [0.4, 0.5) is 0 Å². The topological polar surface area (TPSA) is 52.6 Å². The SMILES string of the molecule is COc1cc(CC=O)cc2c1C(=O)OC2. The first-order valence-corrected chi connectivity index (χ1v) is 4.57. The Hall–Kier alpha value is -1.84. The maximum Gasteiger partial charge on any atom is 0.342 e. The van der Waals surface area contributed by atoms with Gasteiger partial charge in [-0.3, -0.25) is 0 Å². The van der Waals surface area contributed by atoms with Crippen LogP contribution in [0.3, 0.4) is 0 Å². The molecule has 0 atom stereocenters. The molecule has 0 aliphatic carbocycles. The van der Waals surface area contributed by atoms with Crippen molar-refractivity contribution in [1.82, 2.24) is 0 Å². The molecule has 0 saturated heterocycles. The Labute approximate surface area is 86.8 Å². The molecule has 1 aromatic carbocycles. The second-order valence-corrected chi connectivity index (χ2v) is 3.28. The Bertz CT molecular complexity index is 423. The van der Waals surface area contributed by atoms with Gasteiger partial charge in [0.2, 0.25) is 0 Å². The number of carbonyl (C=O) groups excluding carboxylic acids is 2. The zero-order valence-corrected chi connectivity index (χ0v) is 8.28. The standard InChI is InChI=1S/C11H10O4/c1-14-9-5-7(2-3-12)4-8-6-15-11(13)10(8)9/h3-5H,2,6H2,1H3. The van der Waals surface area contributed by atoms with Gasteiger partial charge < -0.3 is 14.3 Å². The minimum atomic E-state index is -0.362. The van der Waals surface area contributed by atoms with Crippen LogP contribution in [0.1, 0.15) is 21.5 Å². The molecule has 0 spiro atoms. The molecule has 0 unspecified atom stereocenters. The lowest BCUT2D eigenvalue weighted by atomic mass is 10.0. The number of ether oxygens (including phenoxy) is 2. The summed E-state index contributed by atoms with van der Waals surface area (Å²) < 4.78 is 9.99. The summed E-state index contributed by atoms with van der Waals surface area (Å²) >= 11 is 0. The molecule has 0 radical (unpaired) electrons. The van der Waals surface area contributed by atoms with E-state index in [9.17, 15) is 9.59 Å². The molecule has 1 aromatic rings. The zero-order chi connectivity index (χ0) is 10.8. The lowest BCUT2D eigenvalue weighted by Crippen LogP contribution is -2.00. The van der Waals surface area contributed by atoms with Crippen LogP contribution in [0.5, 0.6) is 5.75 Å². The fourth-order valence-corrected chi connectivity index (χ4v) is 1.67. The Morgan fingerprint density at radius 3 is 3.00 bits per heavy atom. The minimum Gasteiger partial charge on any atom is -0.496 e. The van der Waals surface area contributed by atoms with E-state index in [1.807, 2.05) is 0 Å². The van der Waals surface area contributed by atoms with E-state index < -0.39 is 0 Å². The van der Waals surface area contributed by atoms with Gasteiger partial charge in [0.05, 0.1) is 7.11 Å². The average Bonchev–Trinajstić information content (AvgIpc) is 2.60. The van der Waals surface area contributed by atoms with Crippen LogP contribution in [-0.4, -0.2) is 19.4 Å². The number of hydrogen-bond acceptors (Lipinski definition) is 4. The van der Waals surface area contributed by atoms with E-state index in [2.05, 4.69) is 0 Å². The number of hydrogen-bond donors (Lipinski definition) is 0. The van der Waals surface area contributed by atoms with Gasteiger partial charge in [0.1, 0.15) is 24.2 Å². The molecule has 1 heterocycles. The summed E-state index contributed by atoms with van der Waals surface area (Å²) in [6, 6.07) is 3.50. The Kier molecular flexibility index (Phi) is 2.41. The maximum atomic E-state index is 11.3. The fourth-order valence-electron chi connectivity index (χ4n) is 1.67. The number of fused-ring (bicyclic) bond motifs is 1. The molecular weight excluding hydrogens is 196 g/mol. The summed E-state index contributed by atoms with van der Waals surface area (Å²) in [5.74, 6) is 0.117. The van der Waals surface area contributed by atoms with Gasteiger partial charge in [-0.15, -0.1) is 0 Å². The third kappa shape index (κ3) is 1.58. The van der Waals surface area contributed by atoms with Crippen LogP contribution >= 0.6 is 0 Å². The van der Waals surface area contributed by atoms with Crippen LogP contribution in [0, 0.1) is 0 Å². The lowest BCUT2D eigenvalue weighted by Gasteiger charge is -2.06. The highest BCUT2D eigenvalue weighted by atomic mass is 16.5. The average molecular weight is 206 g/mol. The second-order valence-electron chi connectivity index (χ2n) is 3.28. The molecular formula is C11H10O4. The predicted molar refractivity (Wildman–Crippen MR) is 51.9 cm³/mol. The molecule has 4 heteroatoms. The van der Waals surface area contributed by atoms with Gasteiger partial charge in [0, 0.05) is 12.0 Å². The first kappa shape index (κ1) is 9.71. The van der Waals surface area contributed by atoms with Gasteiger partial charge in [0.15, 0.2) is 0 Å². The summed E-state index contributed by atoms with van der Waals surface area (Å²) in [7, 11) is 1.49. The summed E-state index contributed by atoms with van der Waals surface area (Å²) in [6.45, 7) is 0.261. The number of rotatable bonds is 3. The Balaban J connectivity index is 2.52. The number of carbonyl (C=O) groups is 2. The summed E-state index contributed by atoms with van der Waals surface area (Å²) in [5.41, 5.74) is 2.10. The van der Waals surface area contributed by atoms with E-state index in [4.69, 9.17) is 9.47 Å². The van der Waals surface area contributed by atoms with Crippen molar-refractivity contribution < 1.29 is 19.1 Å². The van der Waals surface area contributed by atoms with E-state index in [0.29, 0.717) is 17.7 Å². The molecule has 1 aliphatic heterocycles. The van der Waals surface area contributed by atoms with Gasteiger partial charge in [-0.2, -0.15) is 0 Å². The first-order chi connectivity index (χ1) is 7.26. The van der Waals surface area contributed by atoms with Crippen LogP contribution in [0.25, 0.3) is 0 Å². The van der Waals surface area contributed by atoms with E-state index in [1.54, 1.807) is 12.1 Å². The molecule has 15 heavy (non-hydrogen) atoms. The van der Waals surface area contributed by atoms with Crippen molar-refractivity contribution in [2.75, 3.05) is 7.11 Å². The molecule has 78 valence electrons. The highest BCUT2D eigenvalue weighted by molar-refractivity contribution is 5.96. The number of methoxy groups -OCH3 is 1. The number of esters is 1. The number of benzene rings is 1. The molecule has 0 N–H and O–H groups in total. The highest BCUT2D eigenvalue weighted by Gasteiger charge is 2.26. The van der Waals surface area contributed by atoms with Gasteiger partial charge in [-0.1, -0.05) is 6.07 Å². The zero-order valence-electron chi connectivity index (χ0n) is 8.28. The molecule has 2 rings (SSSR count). The van der Waals surface area contributed by atoms with Crippen LogP contribution < -0.4 is 4.74 Å². The van der Waals surface area contributed by atoms with Crippen molar-refractivity contribution in [3.8, 4) is 5.75 Å². The van der Waals surface area contributed by atoms with E-state index in [0.717, 1.165) is 17.4 Å². The lowest BCUT2D eigenvalue weighted by molar-refractivity contribution is -0.107. The third-order valence-electron chi connectivity index (χ3n) is 2.35. The van der Waals surface area contributed by atoms with Gasteiger partial charge in [0.25, 0.3) is 0 Å². The fraction of sp³-hybridized carbons (Fsp3) is 0.273. The van der Waals surface area contributed by atoms with E-state index >= 15 is 0 Å². The van der Waals surface area contributed by atoms with Crippen molar-refractivity contribution >= 4 is 12.3 Å². The largest absolute Gasteiger partial charge is 0.496 e. The summed E-state index contributed by atoms with van der Waals surface area (Å²) in [4.78, 5) is 21.7. The maximum absolute atomic E-state index is 11.3. The molecule has 4 nitrogen and oxygen atoms in total. The van der Waals surface area contributed by atoms with E-state index in [-0.39, 0.29) is 12.6 Å². The van der Waals surface area contributed by atoms with Gasteiger partial charge >= 0.3 is 5.97 Å². The third-order valence-corrected chi connectivity index (χ3v) is 2.35. The quantitative estimate of drug-likeness (QED) is 0.549. The van der Waals surface area contributed by atoms with Crippen molar-refractivity contribution in [3.63, 3.8) is 0 Å². The second kappa shape index (κ2) is 3.73. The molecule has 0 aromatic heterocycles. The van der Waals surface area contributed by atoms with Crippen molar-refractivity contribution in [1.29, 1.82) is 0 Å². The molecule has 0 saturated carbocycles. The van der Waals surface area contributed by atoms with Crippen molar-refractivity contribution in [3.05, 3.63) is 28.8 Å². The molecule has 0 fully saturated rings. The van der Waals surface area contributed by atoms with Crippen LogP contribution in [0.15, 0.2) is 12.1 Å². The molecule has 0 amide bonds. The van der Waals surface area contributed by atoms with Gasteiger partial charge in [-0.25, -0.2) is 4.79 Å². The number of aldehydes is 1. The van der Waals surface area contributed by atoms with Gasteiger partial charge in [-0.05, 0) is 11.6 Å². The minimum absolute atomic E-state index is 0.261. The predicted octanol–water partition coefficient (Wildman–Crippen LogP) is 1.11. The van der Waals surface area contributed by atoms with Crippen LogP contribution in [-0.2, 0) is 22.6 Å². The highest BCUT2D eigenvalue weighted by Crippen LogP contribution is 2.30. The van der Waals surface area contributed by atoms with Crippen molar-refractivity contribution in [2.45, 2.75) is 13.0 Å². The van der Waals surface area contributed by atoms with Crippen molar-refractivity contribution in [2.24, 2.45) is 0 Å². The summed E-state index contributed by atoms with van der Waals surface area (Å²) in [6.07, 6.45) is 1.14. The van der Waals surface area contributed by atoms with Crippen LogP contribution in [0.2, 0.25) is 0 Å². The molecule has 1 aliphatic rings.